The fourth-order valence-corrected chi connectivity index (χ4v) is 3.24. The highest BCUT2D eigenvalue weighted by Gasteiger charge is 2.08. The van der Waals surface area contributed by atoms with Crippen LogP contribution in [0.15, 0.2) is 40.2 Å². The van der Waals surface area contributed by atoms with Crippen molar-refractivity contribution in [2.45, 2.75) is 0 Å². The van der Waals surface area contributed by atoms with Crippen LogP contribution in [0, 0.1) is 3.57 Å². The molecule has 0 radical (unpaired) electrons. The number of hydrogen-bond acceptors (Lipinski definition) is 2. The predicted molar refractivity (Wildman–Crippen MR) is 79.1 cm³/mol. The zero-order chi connectivity index (χ0) is 11.5. The van der Waals surface area contributed by atoms with E-state index in [0.717, 1.165) is 18.6 Å². The summed E-state index contributed by atoms with van der Waals surface area (Å²) in [6, 6.07) is 9.44. The molecule has 2 nitrogen and oxygen atoms in total. The molecule has 0 aliphatic carbocycles. The van der Waals surface area contributed by atoms with Gasteiger partial charge in [-0.15, -0.1) is 11.3 Å². The Labute approximate surface area is 119 Å². The van der Waals surface area contributed by atoms with E-state index in [1.54, 1.807) is 0 Å². The average Bonchev–Trinajstić information content (AvgIpc) is 2.75. The summed E-state index contributed by atoms with van der Waals surface area (Å²) >= 11 is 7.02. The summed E-state index contributed by atoms with van der Waals surface area (Å²) in [5, 5.41) is 4.77. The number of benzene rings is 1. The van der Waals surface area contributed by atoms with E-state index in [0.29, 0.717) is 0 Å². The molecule has 1 heterocycles. The van der Waals surface area contributed by atoms with Gasteiger partial charge in [0.15, 0.2) is 0 Å². The third-order valence-corrected chi connectivity index (χ3v) is 4.18. The SMILES string of the molecule is O=C(Nc1ccc(Br)cc1I)c1cccs1. The van der Waals surface area contributed by atoms with Crippen LogP contribution in [0.3, 0.4) is 0 Å². The number of nitrogens with one attached hydrogen (secondary N) is 1. The smallest absolute Gasteiger partial charge is 0.265 e. The largest absolute Gasteiger partial charge is 0.320 e. The van der Waals surface area contributed by atoms with Gasteiger partial charge in [-0.25, -0.2) is 0 Å². The maximum atomic E-state index is 11.8. The first-order chi connectivity index (χ1) is 7.66. The lowest BCUT2D eigenvalue weighted by Crippen LogP contribution is -2.10. The maximum Gasteiger partial charge on any atom is 0.265 e. The minimum absolute atomic E-state index is 0.0600. The molecule has 0 saturated carbocycles. The normalized spacial score (nSPS) is 10.1. The number of halogens is 2. The Hall–Kier alpha value is -0.400. The standard InChI is InChI=1S/C11H7BrINOS/c12-7-3-4-9(8(13)6-7)14-11(15)10-2-1-5-16-10/h1-6H,(H,14,15). The maximum absolute atomic E-state index is 11.8. The van der Waals surface area contributed by atoms with Gasteiger partial charge in [0.25, 0.3) is 5.91 Å². The molecule has 16 heavy (non-hydrogen) atoms. The van der Waals surface area contributed by atoms with Crippen molar-refractivity contribution >= 4 is 61.5 Å². The topological polar surface area (TPSA) is 29.1 Å². The summed E-state index contributed by atoms with van der Waals surface area (Å²) in [6.07, 6.45) is 0. The van der Waals surface area contributed by atoms with Crippen molar-refractivity contribution in [1.82, 2.24) is 0 Å². The van der Waals surface area contributed by atoms with Gasteiger partial charge >= 0.3 is 0 Å². The molecule has 1 amide bonds. The van der Waals surface area contributed by atoms with Crippen molar-refractivity contribution in [2.75, 3.05) is 5.32 Å². The minimum atomic E-state index is -0.0600. The molecule has 1 aromatic heterocycles. The summed E-state index contributed by atoms with van der Waals surface area (Å²) in [5.41, 5.74) is 0.835. The van der Waals surface area contributed by atoms with Gasteiger partial charge in [-0.1, -0.05) is 22.0 Å². The van der Waals surface area contributed by atoms with Crippen LogP contribution in [0.2, 0.25) is 0 Å². The average molecular weight is 408 g/mol. The van der Waals surface area contributed by atoms with Crippen molar-refractivity contribution in [3.8, 4) is 0 Å². The lowest BCUT2D eigenvalue weighted by molar-refractivity contribution is 0.103. The highest BCUT2D eigenvalue weighted by Crippen LogP contribution is 2.23. The monoisotopic (exact) mass is 407 g/mol. The van der Waals surface area contributed by atoms with Crippen LogP contribution in [-0.4, -0.2) is 5.91 Å². The van der Waals surface area contributed by atoms with Crippen LogP contribution in [0.5, 0.6) is 0 Å². The highest BCUT2D eigenvalue weighted by atomic mass is 127. The van der Waals surface area contributed by atoms with E-state index in [1.165, 1.54) is 11.3 Å². The summed E-state index contributed by atoms with van der Waals surface area (Å²) in [6.45, 7) is 0. The van der Waals surface area contributed by atoms with E-state index >= 15 is 0 Å². The first-order valence-corrected chi connectivity index (χ1v) is 7.22. The molecule has 1 aromatic carbocycles. The van der Waals surface area contributed by atoms with E-state index in [4.69, 9.17) is 0 Å². The molecule has 1 N–H and O–H groups in total. The lowest BCUT2D eigenvalue weighted by atomic mass is 10.3. The Morgan fingerprint density at radius 2 is 2.19 bits per heavy atom. The molecule has 0 atom stereocenters. The Bertz CT molecular complexity index is 513. The number of carbonyl (C=O) groups is 1. The Morgan fingerprint density at radius 1 is 1.38 bits per heavy atom. The molecule has 0 bridgehead atoms. The number of rotatable bonds is 2. The third kappa shape index (κ3) is 2.83. The molecule has 2 aromatic rings. The lowest BCUT2D eigenvalue weighted by Gasteiger charge is -2.06. The van der Waals surface area contributed by atoms with Gasteiger partial charge in [0, 0.05) is 8.04 Å². The van der Waals surface area contributed by atoms with Crippen LogP contribution >= 0.6 is 49.9 Å². The van der Waals surface area contributed by atoms with Crippen molar-refractivity contribution < 1.29 is 4.79 Å². The van der Waals surface area contributed by atoms with Crippen molar-refractivity contribution in [3.05, 3.63) is 48.6 Å². The van der Waals surface area contributed by atoms with E-state index in [-0.39, 0.29) is 5.91 Å². The molecule has 0 aliphatic heterocycles. The molecule has 2 rings (SSSR count). The third-order valence-electron chi connectivity index (χ3n) is 1.92. The van der Waals surface area contributed by atoms with Crippen LogP contribution in [-0.2, 0) is 0 Å². The van der Waals surface area contributed by atoms with Crippen LogP contribution in [0.1, 0.15) is 9.67 Å². The van der Waals surface area contributed by atoms with E-state index in [1.807, 2.05) is 35.7 Å². The second kappa shape index (κ2) is 5.29. The molecule has 0 spiro atoms. The Morgan fingerprint density at radius 3 is 2.81 bits per heavy atom. The van der Waals surface area contributed by atoms with Crippen molar-refractivity contribution in [3.63, 3.8) is 0 Å². The quantitative estimate of drug-likeness (QED) is 0.736. The molecular formula is C11H7BrINOS. The first kappa shape index (κ1) is 12.1. The predicted octanol–water partition coefficient (Wildman–Crippen LogP) is 4.37. The zero-order valence-electron chi connectivity index (χ0n) is 8.04. The van der Waals surface area contributed by atoms with E-state index < -0.39 is 0 Å². The Kier molecular flexibility index (Phi) is 3.99. The molecular weight excluding hydrogens is 401 g/mol. The Balaban J connectivity index is 2.18. The van der Waals surface area contributed by atoms with Gasteiger partial charge < -0.3 is 5.32 Å². The van der Waals surface area contributed by atoms with Gasteiger partial charge in [-0.2, -0.15) is 0 Å². The van der Waals surface area contributed by atoms with Crippen LogP contribution in [0.4, 0.5) is 5.69 Å². The number of carbonyl (C=O) groups excluding carboxylic acids is 1. The van der Waals surface area contributed by atoms with Crippen molar-refractivity contribution in [2.24, 2.45) is 0 Å². The van der Waals surface area contributed by atoms with Gasteiger partial charge in [0.1, 0.15) is 0 Å². The molecule has 0 unspecified atom stereocenters. The number of thiophene rings is 1. The first-order valence-electron chi connectivity index (χ1n) is 4.47. The molecule has 82 valence electrons. The van der Waals surface area contributed by atoms with Crippen LogP contribution in [0.25, 0.3) is 0 Å². The summed E-state index contributed by atoms with van der Waals surface area (Å²) in [7, 11) is 0. The van der Waals surface area contributed by atoms with Gasteiger partial charge in [0.05, 0.1) is 10.6 Å². The summed E-state index contributed by atoms with van der Waals surface area (Å²) < 4.78 is 2.02. The number of anilines is 1. The molecule has 0 aliphatic rings. The van der Waals surface area contributed by atoms with E-state index in [2.05, 4.69) is 43.8 Å². The summed E-state index contributed by atoms with van der Waals surface area (Å²) in [5.74, 6) is -0.0600. The fourth-order valence-electron chi connectivity index (χ4n) is 1.18. The second-order valence-electron chi connectivity index (χ2n) is 3.06. The number of hydrogen-bond donors (Lipinski definition) is 1. The molecule has 0 saturated heterocycles. The van der Waals surface area contributed by atoms with Gasteiger partial charge in [-0.05, 0) is 52.2 Å². The van der Waals surface area contributed by atoms with Crippen molar-refractivity contribution in [1.29, 1.82) is 0 Å². The highest BCUT2D eigenvalue weighted by molar-refractivity contribution is 14.1. The van der Waals surface area contributed by atoms with Gasteiger partial charge in [-0.3, -0.25) is 4.79 Å². The summed E-state index contributed by atoms with van der Waals surface area (Å²) in [4.78, 5) is 12.5. The van der Waals surface area contributed by atoms with Gasteiger partial charge in [0.2, 0.25) is 0 Å². The number of amides is 1. The minimum Gasteiger partial charge on any atom is -0.320 e. The molecule has 5 heteroatoms. The second-order valence-corrected chi connectivity index (χ2v) is 6.08. The van der Waals surface area contributed by atoms with Crippen LogP contribution < -0.4 is 5.32 Å². The van der Waals surface area contributed by atoms with E-state index in [9.17, 15) is 4.79 Å². The fraction of sp³-hybridized carbons (Fsp3) is 0. The molecule has 0 fully saturated rings. The zero-order valence-corrected chi connectivity index (χ0v) is 12.6.